The van der Waals surface area contributed by atoms with Crippen molar-refractivity contribution < 1.29 is 14.3 Å². The fraction of sp³-hybridized carbons (Fsp3) is 0.143. The molecular weight excluding hydrogens is 468 g/mol. The number of amides is 1. The van der Waals surface area contributed by atoms with E-state index in [0.717, 1.165) is 60.8 Å². The first-order chi connectivity index (χ1) is 14.4. The van der Waals surface area contributed by atoms with Crippen molar-refractivity contribution >= 4 is 72.8 Å². The zero-order valence-electron chi connectivity index (χ0n) is 16.4. The number of hydrogen-bond donors (Lipinski definition) is 2. The summed E-state index contributed by atoms with van der Waals surface area (Å²) in [7, 11) is 1.25. The van der Waals surface area contributed by atoms with E-state index in [-0.39, 0.29) is 4.91 Å². The molecule has 1 aliphatic rings. The monoisotopic (exact) mass is 484 g/mol. The first-order valence-corrected chi connectivity index (χ1v) is 10.6. The fourth-order valence-electron chi connectivity index (χ4n) is 3.33. The van der Waals surface area contributed by atoms with Gasteiger partial charge in [0.25, 0.3) is 5.91 Å². The van der Waals surface area contributed by atoms with Gasteiger partial charge in [0.2, 0.25) is 0 Å². The van der Waals surface area contributed by atoms with E-state index in [9.17, 15) is 9.59 Å². The number of methoxy groups -OCH3 is 1. The largest absolute Gasteiger partial charge is 0.466 e. The smallest absolute Gasteiger partial charge is 0.331 e. The minimum absolute atomic E-state index is 0.216. The van der Waals surface area contributed by atoms with Crippen LogP contribution in [0.25, 0.3) is 21.8 Å². The predicted molar refractivity (Wildman–Crippen MR) is 124 cm³/mol. The Morgan fingerprint density at radius 2 is 2.07 bits per heavy atom. The second-order valence-electron chi connectivity index (χ2n) is 6.71. The van der Waals surface area contributed by atoms with Crippen LogP contribution in [0.2, 0.25) is 0 Å². The molecule has 0 saturated carbocycles. The number of nitrogens with one attached hydrogen (secondary N) is 2. The lowest BCUT2D eigenvalue weighted by molar-refractivity contribution is -0.135. The molecule has 152 valence electrons. The van der Waals surface area contributed by atoms with Gasteiger partial charge in [0.05, 0.1) is 18.2 Å². The van der Waals surface area contributed by atoms with Crippen LogP contribution in [0.15, 0.2) is 49.9 Å². The van der Waals surface area contributed by atoms with Crippen molar-refractivity contribution in [1.82, 2.24) is 10.3 Å². The Bertz CT molecular complexity index is 1310. The van der Waals surface area contributed by atoms with Crippen molar-refractivity contribution in [2.75, 3.05) is 7.11 Å². The molecule has 1 fully saturated rings. The molecule has 1 aromatic heterocycles. The molecule has 0 atom stereocenters. The number of aryl methyl sites for hydroxylation is 2. The highest BCUT2D eigenvalue weighted by atomic mass is 79.9. The molecule has 3 aromatic rings. The standard InChI is InChI=1S/C21H17BrN4O3S/c1-10-6-12(9-23-26-21-25-20(28)16(30-21)8-17(27)29-3)11(2)18-14-7-13(22)4-5-15(14)24-19(10)18/h4-9,24H,1-3H3,(H,25,26,28)/b16-8+,23-9?. The summed E-state index contributed by atoms with van der Waals surface area (Å²) in [5, 5.41) is 13.4. The number of rotatable bonds is 3. The summed E-state index contributed by atoms with van der Waals surface area (Å²) in [5.74, 6) is -1.00. The van der Waals surface area contributed by atoms with Gasteiger partial charge >= 0.3 is 5.97 Å². The molecule has 1 aliphatic heterocycles. The number of ether oxygens (including phenoxy) is 1. The third kappa shape index (κ3) is 3.78. The maximum atomic E-state index is 11.9. The van der Waals surface area contributed by atoms with Gasteiger partial charge in [0, 0.05) is 32.4 Å². The van der Waals surface area contributed by atoms with Crippen LogP contribution in [0.1, 0.15) is 16.7 Å². The molecular formula is C21H17BrN4O3S. The normalized spacial score (nSPS) is 17.0. The molecule has 1 amide bonds. The van der Waals surface area contributed by atoms with E-state index in [1.807, 2.05) is 19.9 Å². The minimum Gasteiger partial charge on any atom is -0.466 e. The number of nitrogens with zero attached hydrogens (tertiary/aromatic N) is 2. The molecule has 1 saturated heterocycles. The first-order valence-electron chi connectivity index (χ1n) is 8.98. The van der Waals surface area contributed by atoms with Gasteiger partial charge in [-0.05, 0) is 66.6 Å². The van der Waals surface area contributed by atoms with Crippen LogP contribution in [0.5, 0.6) is 0 Å². The number of thioether (sulfide) groups is 1. The molecule has 0 bridgehead atoms. The van der Waals surface area contributed by atoms with Gasteiger partial charge in [0.1, 0.15) is 0 Å². The highest BCUT2D eigenvalue weighted by Gasteiger charge is 2.25. The van der Waals surface area contributed by atoms with Gasteiger partial charge in [-0.3, -0.25) is 10.1 Å². The number of hydrogen-bond acceptors (Lipinski definition) is 6. The van der Waals surface area contributed by atoms with Crippen molar-refractivity contribution in [3.8, 4) is 0 Å². The van der Waals surface area contributed by atoms with Crippen molar-refractivity contribution in [3.63, 3.8) is 0 Å². The van der Waals surface area contributed by atoms with Crippen molar-refractivity contribution in [2.24, 2.45) is 10.2 Å². The Labute approximate surface area is 184 Å². The van der Waals surface area contributed by atoms with Gasteiger partial charge in [-0.15, -0.1) is 5.10 Å². The van der Waals surface area contributed by atoms with Crippen molar-refractivity contribution in [2.45, 2.75) is 13.8 Å². The second-order valence-corrected chi connectivity index (χ2v) is 8.66. The van der Waals surface area contributed by atoms with Gasteiger partial charge in [-0.2, -0.15) is 5.10 Å². The number of H-pyrrole nitrogens is 1. The van der Waals surface area contributed by atoms with Crippen molar-refractivity contribution in [3.05, 3.63) is 56.4 Å². The zero-order valence-corrected chi connectivity index (χ0v) is 18.8. The molecule has 2 aromatic carbocycles. The van der Waals surface area contributed by atoms with Crippen LogP contribution in [0.3, 0.4) is 0 Å². The SMILES string of the molecule is COC(=O)/C=C1/S/C(=N\N=Cc2cc(C)c3[nH]c4ccc(Br)cc4c3c2C)NC1=O. The summed E-state index contributed by atoms with van der Waals surface area (Å²) in [6.07, 6.45) is 2.79. The van der Waals surface area contributed by atoms with Crippen LogP contribution in [0.4, 0.5) is 0 Å². The Morgan fingerprint density at radius 1 is 1.27 bits per heavy atom. The molecule has 0 aliphatic carbocycles. The van der Waals surface area contributed by atoms with Crippen LogP contribution in [0, 0.1) is 13.8 Å². The maximum absolute atomic E-state index is 11.9. The molecule has 4 rings (SSSR count). The summed E-state index contributed by atoms with van der Waals surface area (Å²) < 4.78 is 5.56. The Kier molecular flexibility index (Phi) is 5.48. The lowest BCUT2D eigenvalue weighted by Crippen LogP contribution is -2.19. The number of esters is 1. The summed E-state index contributed by atoms with van der Waals surface area (Å²) in [4.78, 5) is 26.9. The summed E-state index contributed by atoms with van der Waals surface area (Å²) in [6.45, 7) is 4.10. The fourth-order valence-corrected chi connectivity index (χ4v) is 4.43. The molecule has 0 radical (unpaired) electrons. The number of benzene rings is 2. The second kappa shape index (κ2) is 8.08. The van der Waals surface area contributed by atoms with Gasteiger partial charge in [-0.1, -0.05) is 15.9 Å². The van der Waals surface area contributed by atoms with Gasteiger partial charge in [-0.25, -0.2) is 4.79 Å². The van der Waals surface area contributed by atoms with E-state index < -0.39 is 11.9 Å². The molecule has 30 heavy (non-hydrogen) atoms. The quantitative estimate of drug-likeness (QED) is 0.250. The molecule has 0 unspecified atom stereocenters. The van der Waals surface area contributed by atoms with E-state index in [1.165, 1.54) is 7.11 Å². The van der Waals surface area contributed by atoms with Crippen LogP contribution in [-0.2, 0) is 14.3 Å². The molecule has 7 nitrogen and oxygen atoms in total. The van der Waals surface area contributed by atoms with E-state index >= 15 is 0 Å². The molecule has 9 heteroatoms. The molecule has 0 spiro atoms. The number of fused-ring (bicyclic) bond motifs is 3. The number of amidine groups is 1. The van der Waals surface area contributed by atoms with Crippen LogP contribution >= 0.6 is 27.7 Å². The maximum Gasteiger partial charge on any atom is 0.331 e. The minimum atomic E-state index is -0.595. The van der Waals surface area contributed by atoms with E-state index in [0.29, 0.717) is 5.17 Å². The Balaban J connectivity index is 1.67. The molecule has 2 heterocycles. The number of aromatic amines is 1. The number of aromatic nitrogens is 1. The predicted octanol–water partition coefficient (Wildman–Crippen LogP) is 4.31. The van der Waals surface area contributed by atoms with E-state index in [4.69, 9.17) is 0 Å². The summed E-state index contributed by atoms with van der Waals surface area (Å²) in [6, 6.07) is 8.21. The van der Waals surface area contributed by atoms with E-state index in [1.54, 1.807) is 6.21 Å². The average molecular weight is 485 g/mol. The third-order valence-electron chi connectivity index (χ3n) is 4.78. The highest BCUT2D eigenvalue weighted by Crippen LogP contribution is 2.33. The number of carbonyl (C=O) groups excluding carboxylic acids is 2. The van der Waals surface area contributed by atoms with Gasteiger partial charge < -0.3 is 9.72 Å². The zero-order chi connectivity index (χ0) is 21.4. The van der Waals surface area contributed by atoms with Gasteiger partial charge in [0.15, 0.2) is 5.17 Å². The van der Waals surface area contributed by atoms with Crippen LogP contribution in [-0.4, -0.2) is 35.4 Å². The van der Waals surface area contributed by atoms with Crippen molar-refractivity contribution in [1.29, 1.82) is 0 Å². The Hall–Kier alpha value is -2.91. The van der Waals surface area contributed by atoms with E-state index in [2.05, 4.69) is 59.4 Å². The number of carbonyl (C=O) groups is 2. The summed E-state index contributed by atoms with van der Waals surface area (Å²) in [5.41, 5.74) is 5.29. The summed E-state index contributed by atoms with van der Waals surface area (Å²) >= 11 is 4.58. The Morgan fingerprint density at radius 3 is 2.83 bits per heavy atom. The lowest BCUT2D eigenvalue weighted by atomic mass is 9.99. The third-order valence-corrected chi connectivity index (χ3v) is 6.17. The number of halogens is 1. The van der Waals surface area contributed by atoms with Crippen LogP contribution < -0.4 is 5.32 Å². The lowest BCUT2D eigenvalue weighted by Gasteiger charge is -2.06. The topological polar surface area (TPSA) is 95.9 Å². The molecule has 2 N–H and O–H groups in total. The average Bonchev–Trinajstić information content (AvgIpc) is 3.26. The first kappa shape index (κ1) is 20.4. The highest BCUT2D eigenvalue weighted by molar-refractivity contribution is 9.10.